The molecule has 25 heteroatoms. The normalized spacial score (nSPS) is 15.6. The van der Waals surface area contributed by atoms with Crippen LogP contribution in [0.1, 0.15) is 49.0 Å². The van der Waals surface area contributed by atoms with Gasteiger partial charge in [-0.05, 0) is 133 Å². The van der Waals surface area contributed by atoms with Gasteiger partial charge in [0.25, 0.3) is 28.6 Å². The third-order valence-corrected chi connectivity index (χ3v) is 22.4. The molecule has 5 aliphatic rings. The number of rotatable bonds is 1. The van der Waals surface area contributed by atoms with Gasteiger partial charge in [-0.15, -0.1) is 0 Å². The van der Waals surface area contributed by atoms with Crippen LogP contribution < -0.4 is 22.8 Å². The summed E-state index contributed by atoms with van der Waals surface area (Å²) in [6, 6.07) is 47.6. The Morgan fingerprint density at radius 3 is 1.23 bits per heavy atom. The molecule has 1 aromatic carbocycles. The van der Waals surface area contributed by atoms with Crippen LogP contribution in [0.15, 0.2) is 218 Å². The number of hydrogen-bond acceptors (Lipinski definition) is 12. The highest BCUT2D eigenvalue weighted by Gasteiger charge is 2.42. The van der Waals surface area contributed by atoms with E-state index < -0.39 is 34.9 Å². The largest absolute Gasteiger partial charge is 0.400 e. The quantitative estimate of drug-likeness (QED) is 0.142. The van der Waals surface area contributed by atoms with Gasteiger partial charge in [0.15, 0.2) is 22.1 Å². The van der Waals surface area contributed by atoms with Gasteiger partial charge in [0.2, 0.25) is 50.5 Å². The van der Waals surface area contributed by atoms with E-state index in [1.807, 2.05) is 158 Å². The zero-order valence-electron chi connectivity index (χ0n) is 72.3. The summed E-state index contributed by atoms with van der Waals surface area (Å²) in [5.41, 5.74) is 18.2. The van der Waals surface area contributed by atoms with Crippen LogP contribution in [-0.4, -0.2) is 86.4 Å². The molecule has 25 heterocycles. The smallest absolute Gasteiger partial charge is 0.341 e. The summed E-state index contributed by atoms with van der Waals surface area (Å²) >= 11 is 1.76. The van der Waals surface area contributed by atoms with E-state index in [9.17, 15) is 0 Å². The number of para-hydroxylation sites is 1. The van der Waals surface area contributed by atoms with E-state index in [0.717, 1.165) is 94.5 Å². The highest BCUT2D eigenvalue weighted by molar-refractivity contribution is 7.24. The van der Waals surface area contributed by atoms with Crippen molar-refractivity contribution < 1.29 is 47.8 Å². The van der Waals surface area contributed by atoms with Gasteiger partial charge in [0, 0.05) is 62.0 Å². The number of thiophene rings is 1. The van der Waals surface area contributed by atoms with Crippen LogP contribution in [0.5, 0.6) is 0 Å². The Hall–Kier alpha value is -13.8. The number of nitrogens with zero attached hydrogens (tertiary/aromatic N) is 23. The molecule has 0 aliphatic carbocycles. The third kappa shape index (κ3) is 8.51. The Bertz CT molecular complexity index is 8050. The van der Waals surface area contributed by atoms with Gasteiger partial charge in [-0.3, -0.25) is 38.6 Å². The summed E-state index contributed by atoms with van der Waals surface area (Å²) in [4.78, 5) is 46.4. The lowest BCUT2D eigenvalue weighted by Gasteiger charge is -2.02. The molecule has 0 radical (unpaired) electrons. The van der Waals surface area contributed by atoms with Gasteiger partial charge in [-0.1, -0.05) is 29.5 Å². The van der Waals surface area contributed by atoms with E-state index in [0.29, 0.717) is 111 Å². The molecule has 5 aliphatic heterocycles. The number of aromatic nitrogens is 23. The Labute approximate surface area is 638 Å². The maximum atomic E-state index is 8.30. The van der Waals surface area contributed by atoms with Crippen molar-refractivity contribution in [3.63, 3.8) is 0 Å². The summed E-state index contributed by atoms with van der Waals surface area (Å²) in [5.74, 6) is 3.64. The molecule has 20 aromatic heterocycles. The van der Waals surface area contributed by atoms with Crippen molar-refractivity contribution in [2.75, 3.05) is 0 Å². The average Bonchev–Trinajstić information content (AvgIpc) is 1.53. The van der Waals surface area contributed by atoms with Crippen LogP contribution in [0.2, 0.25) is 0 Å². The molecule has 108 heavy (non-hydrogen) atoms. The van der Waals surface area contributed by atoms with E-state index in [-0.39, 0.29) is 5.65 Å². The Morgan fingerprint density at radius 1 is 0.324 bits per heavy atom. The highest BCUT2D eigenvalue weighted by Crippen LogP contribution is 2.41. The van der Waals surface area contributed by atoms with Crippen LogP contribution >= 0.6 is 11.3 Å². The number of furan rings is 1. The number of imidazole rings is 5. The van der Waals surface area contributed by atoms with Crippen LogP contribution in [0, 0.1) is 0 Å². The molecule has 0 spiro atoms. The maximum Gasteiger partial charge on any atom is 0.341 e. The highest BCUT2D eigenvalue weighted by atomic mass is 32.1. The lowest BCUT2D eigenvalue weighted by atomic mass is 10.2. The van der Waals surface area contributed by atoms with Gasteiger partial charge in [-0.25, -0.2) is 66.0 Å². The van der Waals surface area contributed by atoms with Crippen molar-refractivity contribution in [2.24, 2.45) is 49.0 Å². The number of hydrogen-bond donors (Lipinski definition) is 0. The van der Waals surface area contributed by atoms with Crippen LogP contribution in [0.4, 0.5) is 0 Å². The summed E-state index contributed by atoms with van der Waals surface area (Å²) in [5, 5.41) is 4.09. The minimum atomic E-state index is -2.52. The molecule has 21 aromatic rings. The van der Waals surface area contributed by atoms with E-state index in [4.69, 9.17) is 25.0 Å². The molecular weight excluding hydrogens is 1370 g/mol. The van der Waals surface area contributed by atoms with Gasteiger partial charge >= 0.3 is 5.71 Å². The lowest BCUT2D eigenvalue weighted by Crippen LogP contribution is -2.33. The molecule has 0 fully saturated rings. The predicted molar refractivity (Wildman–Crippen MR) is 411 cm³/mol. The molecule has 0 atom stereocenters. The number of fused-ring (bicyclic) bond motifs is 35. The average molecular weight is 1450 g/mol. The number of aryl methyl sites for hydroxylation is 7. The Kier molecular flexibility index (Phi) is 10.3. The Balaban J connectivity index is 0.0000000921. The Morgan fingerprint density at radius 2 is 0.704 bits per heavy atom. The topological polar surface area (TPSA) is 201 Å². The van der Waals surface area contributed by atoms with Crippen molar-refractivity contribution in [1.29, 1.82) is 0 Å². The molecule has 0 amide bonds. The fraction of sp³-hybridized carbons (Fsp3) is 0.145. The van der Waals surface area contributed by atoms with Gasteiger partial charge in [-0.2, -0.15) is 4.57 Å². The number of benzene rings is 1. The van der Waals surface area contributed by atoms with Crippen molar-refractivity contribution >= 4 is 121 Å². The lowest BCUT2D eigenvalue weighted by molar-refractivity contribution is -0.652. The molecule has 26 rings (SSSR count). The van der Waals surface area contributed by atoms with Gasteiger partial charge < -0.3 is 4.42 Å². The van der Waals surface area contributed by atoms with Gasteiger partial charge in [0.1, 0.15) is 43.2 Å². The second-order valence-corrected chi connectivity index (χ2v) is 27.8. The summed E-state index contributed by atoms with van der Waals surface area (Å²) in [6.45, 7) is -9.24. The molecule has 0 saturated carbocycles. The molecule has 0 saturated heterocycles. The second kappa shape index (κ2) is 23.1. The fourth-order valence-electron chi connectivity index (χ4n) is 16.8. The summed E-state index contributed by atoms with van der Waals surface area (Å²) in [7, 11) is 4.06. The summed E-state index contributed by atoms with van der Waals surface area (Å²) in [6.07, 6.45) is 17.2. The van der Waals surface area contributed by atoms with Crippen molar-refractivity contribution in [1.82, 2.24) is 86.4 Å². The summed E-state index contributed by atoms with van der Waals surface area (Å²) < 4.78 is 150. The van der Waals surface area contributed by atoms with Crippen molar-refractivity contribution in [3.05, 3.63) is 242 Å². The van der Waals surface area contributed by atoms with E-state index in [1.165, 1.54) is 51.6 Å². The third-order valence-electron chi connectivity index (χ3n) is 21.2. The molecule has 24 nitrogen and oxygen atoms in total. The van der Waals surface area contributed by atoms with E-state index >= 15 is 0 Å². The fourth-order valence-corrected chi connectivity index (χ4v) is 18.0. The second-order valence-electron chi connectivity index (χ2n) is 26.9. The van der Waals surface area contributed by atoms with Crippen molar-refractivity contribution in [2.45, 2.75) is 32.7 Å². The minimum absolute atomic E-state index is 0.236. The van der Waals surface area contributed by atoms with Crippen LogP contribution in [0.3, 0.4) is 0 Å². The molecule has 0 N–H and O–H groups in total. The van der Waals surface area contributed by atoms with E-state index in [2.05, 4.69) is 78.2 Å². The number of pyridine rings is 10. The molecule has 520 valence electrons. The zero-order valence-corrected chi connectivity index (χ0v) is 58.2. The zero-order chi connectivity index (χ0) is 84.6. The van der Waals surface area contributed by atoms with E-state index in [1.54, 1.807) is 83.5 Å². The minimum Gasteiger partial charge on any atom is -0.400 e. The molecular formula is C83H66N23OS+5. The SMILES string of the molecule is Cn1c2[n+](c3sc4ncccc4c31)Cc1ncccc1-2.[2H]C([2H])([2H])n1c2[n+](c3c1c1cccnc1n3-c1ccccc1)Cc1ncccc1-2.[2H]C([2H])([2H])n1c2[n+](c3c1c1cccnc1n3C([2H])([2H])[2H])Cc1ncccc1-2.[2H]C([2H])([2H])n1c2[n+](c3c1c1cccnc1n3C)Cc1ncccc1-2.[2H]C([2H])([2H])n1c2[n+](c3oc4ncccc4c31)Cc1ncccc1-2. The molecule has 0 unspecified atom stereocenters. The van der Waals surface area contributed by atoms with Crippen molar-refractivity contribution in [3.8, 4) is 62.6 Å². The standard InChI is InChI=1S/C21H16N5.2C16H14N5.C15H11N4O.C15H11N4S/c1-24-18-16-10-6-12-23-19(16)26(14-7-3-2-4-8-14)21(18)25-13-17-15(20(24)25)9-5-11-22-17;2*1-19-13-11-6-4-8-18-14(11)20(2)16(13)21-9-12-10(15(19)21)5-3-7-17-12;2*1-18-12-10-5-3-7-17-13(10)20-15(12)19-8-11-9(14(18)19)4-2-6-16-11/h2-12H,13H2,1H3;2*3-8H,9H2,1-2H3;2*2-7H,8H2,1H3/q5*+1/i1D3;1D3,2D3;2*1D3;. The first-order chi connectivity index (χ1) is 59.1. The van der Waals surface area contributed by atoms with Crippen LogP contribution in [-0.2, 0) is 81.7 Å². The monoisotopic (exact) mass is 1450 g/mol. The predicted octanol–water partition coefficient (Wildman–Crippen LogP) is 11.3. The first kappa shape index (κ1) is 48.3. The maximum absolute atomic E-state index is 8.30. The van der Waals surface area contributed by atoms with Crippen LogP contribution in [0.25, 0.3) is 172 Å². The first-order valence-corrected chi connectivity index (χ1v) is 35.6. The first-order valence-electron chi connectivity index (χ1n) is 42.2. The van der Waals surface area contributed by atoms with Gasteiger partial charge in [0.05, 0.1) is 153 Å². The molecule has 0 bridgehead atoms.